The van der Waals surface area contributed by atoms with Crippen molar-refractivity contribution in [3.05, 3.63) is 48.0 Å². The van der Waals surface area contributed by atoms with Crippen molar-refractivity contribution in [2.24, 2.45) is 5.92 Å². The van der Waals surface area contributed by atoms with Gasteiger partial charge in [-0.3, -0.25) is 4.79 Å². The Balaban J connectivity index is 1.29. The van der Waals surface area contributed by atoms with E-state index >= 15 is 0 Å². The van der Waals surface area contributed by atoms with Gasteiger partial charge in [0.25, 0.3) is 0 Å². The van der Waals surface area contributed by atoms with Crippen LogP contribution in [0.3, 0.4) is 0 Å². The third-order valence-electron chi connectivity index (χ3n) is 5.59. The first-order valence-corrected chi connectivity index (χ1v) is 12.0. The smallest absolute Gasteiger partial charge is 0.387 e. The number of fused-ring (bicyclic) bond motifs is 1. The topological polar surface area (TPSA) is 94.2 Å². The van der Waals surface area contributed by atoms with E-state index in [0.717, 1.165) is 5.56 Å². The summed E-state index contributed by atoms with van der Waals surface area (Å²) in [5.41, 5.74) is 0.739. The quantitative estimate of drug-likeness (QED) is 0.652. The number of carbonyl (C=O) groups excluding carboxylic acids is 1. The van der Waals surface area contributed by atoms with E-state index in [4.69, 9.17) is 9.47 Å². The molecule has 8 nitrogen and oxygen atoms in total. The van der Waals surface area contributed by atoms with Gasteiger partial charge in [-0.2, -0.15) is 13.1 Å². The number of carbonyl (C=O) groups is 1. The van der Waals surface area contributed by atoms with E-state index in [1.54, 1.807) is 18.2 Å². The maximum Gasteiger partial charge on any atom is 0.387 e. The number of sulfonamides is 1. The van der Waals surface area contributed by atoms with Crippen molar-refractivity contribution in [1.82, 2.24) is 9.62 Å². The fourth-order valence-electron chi connectivity index (χ4n) is 3.81. The molecule has 2 aromatic rings. The van der Waals surface area contributed by atoms with Crippen molar-refractivity contribution in [3.8, 4) is 17.2 Å². The first-order chi connectivity index (χ1) is 15.8. The molecule has 0 atom stereocenters. The Morgan fingerprint density at radius 3 is 2.39 bits per heavy atom. The minimum atomic E-state index is -3.71. The highest BCUT2D eigenvalue weighted by Crippen LogP contribution is 2.34. The van der Waals surface area contributed by atoms with Crippen LogP contribution in [0.1, 0.15) is 18.4 Å². The van der Waals surface area contributed by atoms with Gasteiger partial charge in [-0.15, -0.1) is 0 Å². The zero-order valence-electron chi connectivity index (χ0n) is 17.7. The van der Waals surface area contributed by atoms with Crippen LogP contribution < -0.4 is 19.5 Å². The highest BCUT2D eigenvalue weighted by molar-refractivity contribution is 7.89. The van der Waals surface area contributed by atoms with Gasteiger partial charge in [-0.05, 0) is 42.7 Å². The van der Waals surface area contributed by atoms with Crippen molar-refractivity contribution in [2.45, 2.75) is 30.9 Å². The predicted molar refractivity (Wildman–Crippen MR) is 114 cm³/mol. The van der Waals surface area contributed by atoms with Gasteiger partial charge in [-0.25, -0.2) is 8.42 Å². The maximum atomic E-state index is 13.0. The molecule has 1 fully saturated rings. The molecule has 4 rings (SSSR count). The zero-order valence-corrected chi connectivity index (χ0v) is 18.5. The van der Waals surface area contributed by atoms with Crippen molar-refractivity contribution in [3.63, 3.8) is 0 Å². The molecule has 0 bridgehead atoms. The number of halogens is 2. The fraction of sp³-hybridized carbons (Fsp3) is 0.409. The molecule has 11 heteroatoms. The number of nitrogens with one attached hydrogen (secondary N) is 1. The second kappa shape index (κ2) is 9.92. The molecule has 2 aromatic carbocycles. The Bertz CT molecular complexity index is 1090. The second-order valence-corrected chi connectivity index (χ2v) is 9.66. The van der Waals surface area contributed by atoms with E-state index in [-0.39, 0.29) is 42.1 Å². The highest BCUT2D eigenvalue weighted by atomic mass is 32.2. The lowest BCUT2D eigenvalue weighted by atomic mass is 9.97. The number of amides is 1. The Hall–Kier alpha value is -2.92. The lowest BCUT2D eigenvalue weighted by molar-refractivity contribution is -0.126. The molecular weight excluding hydrogens is 458 g/mol. The SMILES string of the molecule is O=C(NCc1ccc(OC(F)F)cc1)C1CCN(S(=O)(=O)c2ccc3c(c2)OCCO3)CC1. The summed E-state index contributed by atoms with van der Waals surface area (Å²) >= 11 is 0. The maximum absolute atomic E-state index is 13.0. The molecule has 0 aliphatic carbocycles. The van der Waals surface area contributed by atoms with Gasteiger partial charge in [0.15, 0.2) is 11.5 Å². The van der Waals surface area contributed by atoms with Gasteiger partial charge >= 0.3 is 6.61 Å². The normalized spacial score (nSPS) is 17.1. The van der Waals surface area contributed by atoms with Gasteiger partial charge in [-0.1, -0.05) is 12.1 Å². The summed E-state index contributed by atoms with van der Waals surface area (Å²) in [7, 11) is -3.71. The molecule has 0 spiro atoms. The van der Waals surface area contributed by atoms with Crippen LogP contribution in [0.5, 0.6) is 17.2 Å². The molecule has 1 saturated heterocycles. The minimum Gasteiger partial charge on any atom is -0.486 e. The number of ether oxygens (including phenoxy) is 3. The predicted octanol–water partition coefficient (Wildman–Crippen LogP) is 2.78. The summed E-state index contributed by atoms with van der Waals surface area (Å²) in [5, 5.41) is 2.82. The third kappa shape index (κ3) is 5.53. The van der Waals surface area contributed by atoms with Crippen LogP contribution in [0, 0.1) is 5.92 Å². The molecule has 2 aliphatic rings. The first kappa shape index (κ1) is 23.2. The summed E-state index contributed by atoms with van der Waals surface area (Å²) in [6.07, 6.45) is 0.799. The van der Waals surface area contributed by atoms with Crippen LogP contribution in [-0.2, 0) is 21.4 Å². The number of piperidine rings is 1. The number of alkyl halides is 2. The van der Waals surface area contributed by atoms with E-state index in [9.17, 15) is 22.0 Å². The van der Waals surface area contributed by atoms with Crippen molar-refractivity contribution in [1.29, 1.82) is 0 Å². The van der Waals surface area contributed by atoms with Crippen LogP contribution in [-0.4, -0.2) is 51.5 Å². The molecule has 2 heterocycles. The Morgan fingerprint density at radius 1 is 1.06 bits per heavy atom. The molecule has 2 aliphatic heterocycles. The summed E-state index contributed by atoms with van der Waals surface area (Å²) in [5.74, 6) is 0.501. The monoisotopic (exact) mass is 482 g/mol. The lowest BCUT2D eigenvalue weighted by Crippen LogP contribution is -2.42. The van der Waals surface area contributed by atoms with Crippen molar-refractivity contribution in [2.75, 3.05) is 26.3 Å². The van der Waals surface area contributed by atoms with E-state index < -0.39 is 16.6 Å². The van der Waals surface area contributed by atoms with Crippen molar-refractivity contribution >= 4 is 15.9 Å². The zero-order chi connectivity index (χ0) is 23.4. The van der Waals surface area contributed by atoms with E-state index in [0.29, 0.717) is 37.6 Å². The van der Waals surface area contributed by atoms with Gasteiger partial charge in [0.2, 0.25) is 15.9 Å². The van der Waals surface area contributed by atoms with E-state index in [1.807, 2.05) is 0 Å². The summed E-state index contributed by atoms with van der Waals surface area (Å²) in [4.78, 5) is 12.7. The van der Waals surface area contributed by atoms with Gasteiger partial charge in [0, 0.05) is 31.6 Å². The number of hydrogen-bond donors (Lipinski definition) is 1. The average Bonchev–Trinajstić information content (AvgIpc) is 2.83. The lowest BCUT2D eigenvalue weighted by Gasteiger charge is -2.31. The number of benzene rings is 2. The summed E-state index contributed by atoms with van der Waals surface area (Å²) in [6.45, 7) is -1.40. The van der Waals surface area contributed by atoms with Crippen LogP contribution >= 0.6 is 0 Å². The van der Waals surface area contributed by atoms with Gasteiger partial charge in [0.05, 0.1) is 4.90 Å². The highest BCUT2D eigenvalue weighted by Gasteiger charge is 2.32. The third-order valence-corrected chi connectivity index (χ3v) is 7.49. The van der Waals surface area contributed by atoms with Crippen LogP contribution in [0.2, 0.25) is 0 Å². The minimum absolute atomic E-state index is 0.0478. The Kier molecular flexibility index (Phi) is 6.99. The van der Waals surface area contributed by atoms with Crippen LogP contribution in [0.15, 0.2) is 47.4 Å². The fourth-order valence-corrected chi connectivity index (χ4v) is 5.30. The van der Waals surface area contributed by atoms with E-state index in [2.05, 4.69) is 10.1 Å². The number of nitrogens with zero attached hydrogens (tertiary/aromatic N) is 1. The largest absolute Gasteiger partial charge is 0.486 e. The van der Waals surface area contributed by atoms with E-state index in [1.165, 1.54) is 28.6 Å². The molecule has 0 unspecified atom stereocenters. The molecule has 1 N–H and O–H groups in total. The van der Waals surface area contributed by atoms with Crippen molar-refractivity contribution < 1.29 is 36.2 Å². The molecule has 33 heavy (non-hydrogen) atoms. The summed E-state index contributed by atoms with van der Waals surface area (Å²) in [6, 6.07) is 10.6. The standard InChI is InChI=1S/C22H24F2N2O6S/c23-22(24)32-17-3-1-15(2-4-17)14-25-21(27)16-7-9-26(10-8-16)33(28,29)18-5-6-19-20(13-18)31-12-11-30-19/h1-6,13,16,22H,7-12,14H2,(H,25,27). The number of rotatable bonds is 7. The van der Waals surface area contributed by atoms with Gasteiger partial charge in [0.1, 0.15) is 19.0 Å². The molecule has 178 valence electrons. The average molecular weight is 483 g/mol. The Morgan fingerprint density at radius 2 is 1.73 bits per heavy atom. The Labute approximate surface area is 190 Å². The molecule has 0 aromatic heterocycles. The second-order valence-electron chi connectivity index (χ2n) is 7.72. The number of hydrogen-bond acceptors (Lipinski definition) is 6. The first-order valence-electron chi connectivity index (χ1n) is 10.5. The van der Waals surface area contributed by atoms with Gasteiger partial charge < -0.3 is 19.5 Å². The van der Waals surface area contributed by atoms with Crippen LogP contribution in [0.4, 0.5) is 8.78 Å². The molecule has 0 saturated carbocycles. The summed E-state index contributed by atoms with van der Waals surface area (Å²) < 4.78 is 67.1. The van der Waals surface area contributed by atoms with Crippen LogP contribution in [0.25, 0.3) is 0 Å². The molecule has 0 radical (unpaired) electrons. The molecule has 1 amide bonds. The molecular formula is C22H24F2N2O6S.